The number of carbonyl (C=O) groups excluding carboxylic acids is 1. The van der Waals surface area contributed by atoms with Crippen molar-refractivity contribution in [2.75, 3.05) is 6.54 Å². The Kier molecular flexibility index (Phi) is 3.84. The molecule has 126 valence electrons. The molecule has 0 bridgehead atoms. The first-order chi connectivity index (χ1) is 12.1. The van der Waals surface area contributed by atoms with Crippen LogP contribution in [-0.2, 0) is 13.0 Å². The van der Waals surface area contributed by atoms with Gasteiger partial charge in [0.05, 0.1) is 6.54 Å². The zero-order valence-electron chi connectivity index (χ0n) is 13.8. The number of rotatable bonds is 2. The molecular formula is C20H17FN2O2. The van der Waals surface area contributed by atoms with Gasteiger partial charge in [0, 0.05) is 23.2 Å². The molecule has 4 rings (SSSR count). The summed E-state index contributed by atoms with van der Waals surface area (Å²) in [6.07, 6.45) is 0.670. The molecule has 0 saturated carbocycles. The zero-order valence-corrected chi connectivity index (χ0v) is 13.8. The van der Waals surface area contributed by atoms with Gasteiger partial charge in [0.2, 0.25) is 0 Å². The van der Waals surface area contributed by atoms with Gasteiger partial charge in [-0.2, -0.15) is 0 Å². The number of aromatic nitrogens is 1. The largest absolute Gasteiger partial charge is 0.356 e. The van der Waals surface area contributed by atoms with Gasteiger partial charge < -0.3 is 9.42 Å². The summed E-state index contributed by atoms with van der Waals surface area (Å²) >= 11 is 0. The molecule has 2 aromatic carbocycles. The van der Waals surface area contributed by atoms with E-state index in [9.17, 15) is 9.18 Å². The Balaban J connectivity index is 1.58. The Morgan fingerprint density at radius 3 is 2.76 bits per heavy atom. The van der Waals surface area contributed by atoms with E-state index < -0.39 is 0 Å². The molecule has 1 aliphatic rings. The molecule has 1 aliphatic heterocycles. The standard InChI is InChI=1S/C20H17FN2O2/c1-13-3-2-4-15(11-13)20(24)23-10-9-17-18(12-23)22-25-19(17)14-5-7-16(21)8-6-14/h2-8,11H,9-10,12H2,1H3. The number of halogens is 1. The highest BCUT2D eigenvalue weighted by Crippen LogP contribution is 2.30. The lowest BCUT2D eigenvalue weighted by atomic mass is 10.00. The van der Waals surface area contributed by atoms with Crippen LogP contribution in [0, 0.1) is 12.7 Å². The zero-order chi connectivity index (χ0) is 17.4. The molecule has 1 aromatic heterocycles. The minimum atomic E-state index is -0.285. The van der Waals surface area contributed by atoms with Crippen LogP contribution in [0.2, 0.25) is 0 Å². The van der Waals surface area contributed by atoms with Crippen molar-refractivity contribution in [3.05, 3.63) is 76.7 Å². The Labute approximate surface area is 144 Å². The van der Waals surface area contributed by atoms with Crippen LogP contribution in [0.5, 0.6) is 0 Å². The first-order valence-electron chi connectivity index (χ1n) is 8.21. The van der Waals surface area contributed by atoms with Gasteiger partial charge >= 0.3 is 0 Å². The van der Waals surface area contributed by atoms with Crippen LogP contribution >= 0.6 is 0 Å². The molecule has 0 saturated heterocycles. The number of fused-ring (bicyclic) bond motifs is 1. The maximum Gasteiger partial charge on any atom is 0.254 e. The SMILES string of the molecule is Cc1cccc(C(=O)N2CCc3c(noc3-c3ccc(F)cc3)C2)c1. The molecule has 0 atom stereocenters. The molecule has 2 heterocycles. The number of hydrogen-bond acceptors (Lipinski definition) is 3. The van der Waals surface area contributed by atoms with Crippen LogP contribution in [-0.4, -0.2) is 22.5 Å². The number of hydrogen-bond donors (Lipinski definition) is 0. The van der Waals surface area contributed by atoms with E-state index >= 15 is 0 Å². The molecule has 0 spiro atoms. The van der Waals surface area contributed by atoms with Crippen molar-refractivity contribution in [2.45, 2.75) is 19.9 Å². The lowest BCUT2D eigenvalue weighted by molar-refractivity contribution is 0.0731. The molecule has 0 aliphatic carbocycles. The van der Waals surface area contributed by atoms with E-state index in [-0.39, 0.29) is 11.7 Å². The summed E-state index contributed by atoms with van der Waals surface area (Å²) in [5.41, 5.74) is 4.31. The predicted octanol–water partition coefficient (Wildman–Crippen LogP) is 3.99. The minimum Gasteiger partial charge on any atom is -0.356 e. The lowest BCUT2D eigenvalue weighted by Crippen LogP contribution is -2.36. The molecule has 0 unspecified atom stereocenters. The van der Waals surface area contributed by atoms with E-state index in [1.807, 2.05) is 31.2 Å². The third-order valence-corrected chi connectivity index (χ3v) is 4.50. The molecule has 0 fully saturated rings. The Morgan fingerprint density at radius 1 is 1.20 bits per heavy atom. The number of nitrogens with zero attached hydrogens (tertiary/aromatic N) is 2. The fourth-order valence-corrected chi connectivity index (χ4v) is 3.19. The monoisotopic (exact) mass is 336 g/mol. The number of carbonyl (C=O) groups is 1. The maximum atomic E-state index is 13.1. The highest BCUT2D eigenvalue weighted by atomic mass is 19.1. The number of amides is 1. The molecular weight excluding hydrogens is 319 g/mol. The summed E-state index contributed by atoms with van der Waals surface area (Å²) in [5.74, 6) is 0.380. The van der Waals surface area contributed by atoms with Crippen molar-refractivity contribution >= 4 is 5.91 Å². The van der Waals surface area contributed by atoms with Gasteiger partial charge in [0.15, 0.2) is 5.76 Å². The van der Waals surface area contributed by atoms with Crippen LogP contribution in [0.4, 0.5) is 4.39 Å². The second kappa shape index (κ2) is 6.16. The molecule has 1 amide bonds. The third kappa shape index (κ3) is 2.93. The van der Waals surface area contributed by atoms with Crippen molar-refractivity contribution < 1.29 is 13.7 Å². The fraction of sp³-hybridized carbons (Fsp3) is 0.200. The van der Waals surface area contributed by atoms with Gasteiger partial charge in [-0.15, -0.1) is 0 Å². The first-order valence-corrected chi connectivity index (χ1v) is 8.21. The summed E-state index contributed by atoms with van der Waals surface area (Å²) in [5, 5.41) is 4.14. The fourth-order valence-electron chi connectivity index (χ4n) is 3.19. The quantitative estimate of drug-likeness (QED) is 0.711. The van der Waals surface area contributed by atoms with Crippen molar-refractivity contribution in [3.8, 4) is 11.3 Å². The predicted molar refractivity (Wildman–Crippen MR) is 91.5 cm³/mol. The van der Waals surface area contributed by atoms with E-state index in [2.05, 4.69) is 5.16 Å². The van der Waals surface area contributed by atoms with Gasteiger partial charge in [-0.3, -0.25) is 4.79 Å². The highest BCUT2D eigenvalue weighted by Gasteiger charge is 2.27. The normalized spacial score (nSPS) is 13.6. The summed E-state index contributed by atoms with van der Waals surface area (Å²) in [6.45, 7) is 3.00. The van der Waals surface area contributed by atoms with Crippen molar-refractivity contribution in [2.24, 2.45) is 0 Å². The molecule has 5 heteroatoms. The second-order valence-electron chi connectivity index (χ2n) is 6.29. The smallest absolute Gasteiger partial charge is 0.254 e. The van der Waals surface area contributed by atoms with Gasteiger partial charge in [-0.1, -0.05) is 22.9 Å². The van der Waals surface area contributed by atoms with Crippen LogP contribution in [0.25, 0.3) is 11.3 Å². The van der Waals surface area contributed by atoms with E-state index in [0.717, 1.165) is 22.4 Å². The molecule has 25 heavy (non-hydrogen) atoms. The minimum absolute atomic E-state index is 0.000632. The first kappa shape index (κ1) is 15.6. The maximum absolute atomic E-state index is 13.1. The van der Waals surface area contributed by atoms with Crippen LogP contribution in [0.15, 0.2) is 53.1 Å². The topological polar surface area (TPSA) is 46.3 Å². The van der Waals surface area contributed by atoms with Crippen molar-refractivity contribution in [3.63, 3.8) is 0 Å². The molecule has 0 radical (unpaired) electrons. The lowest BCUT2D eigenvalue weighted by Gasteiger charge is -2.26. The van der Waals surface area contributed by atoms with E-state index in [1.54, 1.807) is 17.0 Å². The molecule has 4 nitrogen and oxygen atoms in total. The molecule has 3 aromatic rings. The molecule has 0 N–H and O–H groups in total. The van der Waals surface area contributed by atoms with Gasteiger partial charge in [-0.25, -0.2) is 4.39 Å². The van der Waals surface area contributed by atoms with Gasteiger partial charge in [0.1, 0.15) is 11.5 Å². The Morgan fingerprint density at radius 2 is 2.00 bits per heavy atom. The van der Waals surface area contributed by atoms with Crippen molar-refractivity contribution in [1.82, 2.24) is 10.1 Å². The average molecular weight is 336 g/mol. The number of aryl methyl sites for hydroxylation is 1. The highest BCUT2D eigenvalue weighted by molar-refractivity contribution is 5.94. The summed E-state index contributed by atoms with van der Waals surface area (Å²) in [4.78, 5) is 14.5. The summed E-state index contributed by atoms with van der Waals surface area (Å²) in [7, 11) is 0. The van der Waals surface area contributed by atoms with Crippen LogP contribution in [0.1, 0.15) is 27.2 Å². The van der Waals surface area contributed by atoms with E-state index in [4.69, 9.17) is 4.52 Å². The average Bonchev–Trinajstić information content (AvgIpc) is 3.05. The Bertz CT molecular complexity index is 931. The number of benzene rings is 2. The van der Waals surface area contributed by atoms with Crippen molar-refractivity contribution in [1.29, 1.82) is 0 Å². The van der Waals surface area contributed by atoms with Crippen LogP contribution in [0.3, 0.4) is 0 Å². The van der Waals surface area contributed by atoms with E-state index in [0.29, 0.717) is 30.8 Å². The summed E-state index contributed by atoms with van der Waals surface area (Å²) < 4.78 is 18.6. The third-order valence-electron chi connectivity index (χ3n) is 4.50. The second-order valence-corrected chi connectivity index (χ2v) is 6.29. The Hall–Kier alpha value is -2.95. The van der Waals surface area contributed by atoms with Crippen LogP contribution < -0.4 is 0 Å². The van der Waals surface area contributed by atoms with Gasteiger partial charge in [0.25, 0.3) is 5.91 Å². The van der Waals surface area contributed by atoms with Gasteiger partial charge in [-0.05, 0) is 49.7 Å². The van der Waals surface area contributed by atoms with E-state index in [1.165, 1.54) is 12.1 Å². The summed E-state index contributed by atoms with van der Waals surface area (Å²) in [6, 6.07) is 13.8.